The Kier molecular flexibility index (Phi) is 4.77. The molecule has 2 amide bonds. The van der Waals surface area contributed by atoms with E-state index in [9.17, 15) is 4.79 Å². The normalized spacial score (nSPS) is 20.9. The molecule has 1 aliphatic heterocycles. The number of aryl methyl sites for hydroxylation is 1. The average Bonchev–Trinajstić information content (AvgIpc) is 3.00. The van der Waals surface area contributed by atoms with Gasteiger partial charge in [0.25, 0.3) is 0 Å². The fourth-order valence-electron chi connectivity index (χ4n) is 2.58. The van der Waals surface area contributed by atoms with Crippen molar-refractivity contribution in [2.24, 2.45) is 7.05 Å². The molecule has 23 heavy (non-hydrogen) atoms. The second-order valence-corrected chi connectivity index (χ2v) is 5.34. The van der Waals surface area contributed by atoms with Crippen molar-refractivity contribution in [2.75, 3.05) is 6.61 Å². The molecule has 0 bridgehead atoms. The first-order chi connectivity index (χ1) is 11.2. The molecule has 0 aliphatic carbocycles. The Balaban J connectivity index is 1.57. The molecule has 0 unspecified atom stereocenters. The molecule has 2 aromatic rings. The van der Waals surface area contributed by atoms with Crippen LogP contribution >= 0.6 is 0 Å². The summed E-state index contributed by atoms with van der Waals surface area (Å²) in [5.41, 5.74) is 1.01. The van der Waals surface area contributed by atoms with Crippen molar-refractivity contribution >= 4 is 6.03 Å². The Morgan fingerprint density at radius 2 is 2.26 bits per heavy atom. The molecule has 0 radical (unpaired) electrons. The molecule has 3 heterocycles. The molecule has 0 aromatic carbocycles. The molecule has 0 saturated carbocycles. The van der Waals surface area contributed by atoms with Crippen LogP contribution in [0.3, 0.4) is 0 Å². The van der Waals surface area contributed by atoms with E-state index in [0.717, 1.165) is 18.4 Å². The molecule has 9 heteroatoms. The van der Waals surface area contributed by atoms with Crippen molar-refractivity contribution in [3.8, 4) is 0 Å². The Hall–Kier alpha value is -2.55. The number of aromatic nitrogens is 5. The lowest BCUT2D eigenvalue weighted by molar-refractivity contribution is -0.00747. The van der Waals surface area contributed by atoms with Crippen LogP contribution in [0.4, 0.5) is 4.79 Å². The van der Waals surface area contributed by atoms with Gasteiger partial charge in [-0.15, -0.1) is 10.2 Å². The standard InChI is InChI=1S/C14H19N7O2/c1-21-19-12(18-20-21)9-16-14(22)17-11-3-2-8-23-13(11)10-4-6-15-7-5-10/h4-7,11,13H,2-3,8-9H2,1H3,(H2,16,17,22)/t11-,13+/m0/s1. The summed E-state index contributed by atoms with van der Waals surface area (Å²) in [6, 6.07) is 3.46. The molecule has 9 nitrogen and oxygen atoms in total. The highest BCUT2D eigenvalue weighted by Crippen LogP contribution is 2.27. The zero-order chi connectivity index (χ0) is 16.1. The Bertz CT molecular complexity index is 646. The quantitative estimate of drug-likeness (QED) is 0.841. The predicted octanol–water partition coefficient (Wildman–Crippen LogP) is 0.325. The second-order valence-electron chi connectivity index (χ2n) is 5.34. The summed E-state index contributed by atoms with van der Waals surface area (Å²) >= 11 is 0. The number of hydrogen-bond acceptors (Lipinski definition) is 6. The van der Waals surface area contributed by atoms with Gasteiger partial charge in [-0.1, -0.05) is 0 Å². The third kappa shape index (κ3) is 4.01. The molecule has 1 saturated heterocycles. The number of amides is 2. The van der Waals surface area contributed by atoms with Gasteiger partial charge in [0.15, 0.2) is 5.82 Å². The summed E-state index contributed by atoms with van der Waals surface area (Å²) in [7, 11) is 1.68. The predicted molar refractivity (Wildman–Crippen MR) is 80.1 cm³/mol. The maximum Gasteiger partial charge on any atom is 0.315 e. The summed E-state index contributed by atoms with van der Waals surface area (Å²) in [5, 5.41) is 17.3. The molecule has 2 aromatic heterocycles. The minimum Gasteiger partial charge on any atom is -0.371 e. The Labute approximate surface area is 133 Å². The molecule has 1 fully saturated rings. The monoisotopic (exact) mass is 317 g/mol. The van der Waals surface area contributed by atoms with Gasteiger partial charge in [-0.3, -0.25) is 4.98 Å². The van der Waals surface area contributed by atoms with Crippen LogP contribution in [-0.2, 0) is 18.3 Å². The van der Waals surface area contributed by atoms with E-state index in [-0.39, 0.29) is 24.7 Å². The first-order valence-electron chi connectivity index (χ1n) is 7.51. The van der Waals surface area contributed by atoms with Crippen LogP contribution in [-0.4, -0.2) is 43.9 Å². The van der Waals surface area contributed by atoms with Crippen molar-refractivity contribution in [2.45, 2.75) is 31.5 Å². The zero-order valence-corrected chi connectivity index (χ0v) is 12.8. The van der Waals surface area contributed by atoms with E-state index in [4.69, 9.17) is 4.74 Å². The van der Waals surface area contributed by atoms with E-state index in [1.807, 2.05) is 12.1 Å². The molecule has 2 N–H and O–H groups in total. The van der Waals surface area contributed by atoms with Crippen molar-refractivity contribution in [3.63, 3.8) is 0 Å². The van der Waals surface area contributed by atoms with E-state index >= 15 is 0 Å². The van der Waals surface area contributed by atoms with Crippen LogP contribution < -0.4 is 10.6 Å². The largest absolute Gasteiger partial charge is 0.371 e. The zero-order valence-electron chi connectivity index (χ0n) is 12.8. The summed E-state index contributed by atoms with van der Waals surface area (Å²) in [4.78, 5) is 17.5. The van der Waals surface area contributed by atoms with Gasteiger partial charge >= 0.3 is 6.03 Å². The molecule has 1 aliphatic rings. The van der Waals surface area contributed by atoms with E-state index in [0.29, 0.717) is 12.4 Å². The summed E-state index contributed by atoms with van der Waals surface area (Å²) in [5.74, 6) is 0.466. The molecular weight excluding hydrogens is 298 g/mol. The Morgan fingerprint density at radius 1 is 1.43 bits per heavy atom. The highest BCUT2D eigenvalue weighted by atomic mass is 16.5. The Morgan fingerprint density at radius 3 is 3.00 bits per heavy atom. The lowest BCUT2D eigenvalue weighted by atomic mass is 9.97. The van der Waals surface area contributed by atoms with Gasteiger partial charge in [-0.25, -0.2) is 4.79 Å². The molecule has 2 atom stereocenters. The average molecular weight is 317 g/mol. The maximum absolute atomic E-state index is 12.1. The molecule has 122 valence electrons. The smallest absolute Gasteiger partial charge is 0.315 e. The number of tetrazole rings is 1. The van der Waals surface area contributed by atoms with Gasteiger partial charge in [0.05, 0.1) is 19.6 Å². The van der Waals surface area contributed by atoms with Crippen LogP contribution in [0.25, 0.3) is 0 Å². The van der Waals surface area contributed by atoms with Crippen LogP contribution in [0.2, 0.25) is 0 Å². The number of ether oxygens (including phenoxy) is 1. The van der Waals surface area contributed by atoms with E-state index in [1.54, 1.807) is 19.4 Å². The molecule has 3 rings (SSSR count). The molecule has 0 spiro atoms. The van der Waals surface area contributed by atoms with Crippen LogP contribution in [0.1, 0.15) is 30.3 Å². The van der Waals surface area contributed by atoms with Gasteiger partial charge in [-0.2, -0.15) is 4.80 Å². The number of rotatable bonds is 4. The highest BCUT2D eigenvalue weighted by molar-refractivity contribution is 5.74. The van der Waals surface area contributed by atoms with Crippen molar-refractivity contribution in [1.82, 2.24) is 35.8 Å². The minimum atomic E-state index is -0.271. The highest BCUT2D eigenvalue weighted by Gasteiger charge is 2.28. The summed E-state index contributed by atoms with van der Waals surface area (Å²) in [6.45, 7) is 0.920. The number of pyridine rings is 1. The van der Waals surface area contributed by atoms with Gasteiger partial charge < -0.3 is 15.4 Å². The third-order valence-electron chi connectivity index (χ3n) is 3.63. The van der Waals surface area contributed by atoms with Crippen molar-refractivity contribution < 1.29 is 9.53 Å². The lowest BCUT2D eigenvalue weighted by Crippen LogP contribution is -2.47. The minimum absolute atomic E-state index is 0.0824. The number of nitrogens with zero attached hydrogens (tertiary/aromatic N) is 5. The molecular formula is C14H19N7O2. The van der Waals surface area contributed by atoms with E-state index in [2.05, 4.69) is 31.0 Å². The van der Waals surface area contributed by atoms with Crippen LogP contribution in [0, 0.1) is 0 Å². The van der Waals surface area contributed by atoms with Crippen LogP contribution in [0.15, 0.2) is 24.5 Å². The first kappa shape index (κ1) is 15.3. The van der Waals surface area contributed by atoms with Gasteiger partial charge in [0.1, 0.15) is 6.10 Å². The second kappa shape index (κ2) is 7.14. The van der Waals surface area contributed by atoms with Crippen LogP contribution in [0.5, 0.6) is 0 Å². The number of carbonyl (C=O) groups excluding carboxylic acids is 1. The van der Waals surface area contributed by atoms with Crippen molar-refractivity contribution in [1.29, 1.82) is 0 Å². The third-order valence-corrected chi connectivity index (χ3v) is 3.63. The van der Waals surface area contributed by atoms with Gasteiger partial charge in [0.2, 0.25) is 0 Å². The first-order valence-corrected chi connectivity index (χ1v) is 7.51. The van der Waals surface area contributed by atoms with E-state index in [1.165, 1.54) is 4.80 Å². The lowest BCUT2D eigenvalue weighted by Gasteiger charge is -2.32. The fourth-order valence-corrected chi connectivity index (χ4v) is 2.58. The van der Waals surface area contributed by atoms with Gasteiger partial charge in [0, 0.05) is 19.0 Å². The van der Waals surface area contributed by atoms with Gasteiger partial charge in [-0.05, 0) is 35.8 Å². The number of hydrogen-bond donors (Lipinski definition) is 2. The number of urea groups is 1. The topological polar surface area (TPSA) is 107 Å². The summed E-state index contributed by atoms with van der Waals surface area (Å²) in [6.07, 6.45) is 5.07. The SMILES string of the molecule is Cn1nnc(CNC(=O)N[C@H]2CCCO[C@@H]2c2ccncc2)n1. The van der Waals surface area contributed by atoms with E-state index < -0.39 is 0 Å². The maximum atomic E-state index is 12.1. The van der Waals surface area contributed by atoms with Crippen molar-refractivity contribution in [3.05, 3.63) is 35.9 Å². The number of carbonyl (C=O) groups is 1. The number of nitrogens with one attached hydrogen (secondary N) is 2. The fraction of sp³-hybridized carbons (Fsp3) is 0.500. The summed E-state index contributed by atoms with van der Waals surface area (Å²) < 4.78 is 5.84.